The number of hydrogen-bond acceptors (Lipinski definition) is 6. The molecule has 0 aromatic heterocycles. The Morgan fingerprint density at radius 2 is 1.71 bits per heavy atom. The van der Waals surface area contributed by atoms with Crippen molar-refractivity contribution in [2.75, 3.05) is 27.1 Å². The van der Waals surface area contributed by atoms with E-state index in [1.165, 1.54) is 5.56 Å². The zero-order valence-electron chi connectivity index (χ0n) is 19.6. The predicted molar refractivity (Wildman–Crippen MR) is 136 cm³/mol. The average molecular weight is 477 g/mol. The monoisotopic (exact) mass is 476 g/mol. The molecule has 0 saturated carbocycles. The fourth-order valence-electron chi connectivity index (χ4n) is 4.01. The maximum atomic E-state index is 13.4. The van der Waals surface area contributed by atoms with Gasteiger partial charge in [-0.2, -0.15) is 5.10 Å². The van der Waals surface area contributed by atoms with Gasteiger partial charge in [-0.1, -0.05) is 42.5 Å². The molecule has 176 valence electrons. The summed E-state index contributed by atoms with van der Waals surface area (Å²) in [5, 5.41) is 6.38. The average Bonchev–Trinajstić information content (AvgIpc) is 3.34. The molecule has 1 atom stereocenters. The highest BCUT2D eigenvalue weighted by Crippen LogP contribution is 2.42. The first-order chi connectivity index (χ1) is 16.6. The van der Waals surface area contributed by atoms with Gasteiger partial charge in [-0.3, -0.25) is 4.79 Å². The highest BCUT2D eigenvalue weighted by Gasteiger charge is 2.35. The Labute approximate surface area is 204 Å². The number of carbonyl (C=O) groups excluding carboxylic acids is 1. The number of para-hydroxylation sites is 1. The summed E-state index contributed by atoms with van der Waals surface area (Å²) >= 11 is 1.59. The van der Waals surface area contributed by atoms with Crippen molar-refractivity contribution < 1.29 is 19.0 Å². The van der Waals surface area contributed by atoms with Gasteiger partial charge in [0.1, 0.15) is 5.75 Å². The summed E-state index contributed by atoms with van der Waals surface area (Å²) in [6, 6.07) is 23.3. The van der Waals surface area contributed by atoms with Gasteiger partial charge in [-0.15, -0.1) is 11.8 Å². The van der Waals surface area contributed by atoms with E-state index in [0.717, 1.165) is 28.3 Å². The van der Waals surface area contributed by atoms with Crippen molar-refractivity contribution in [1.82, 2.24) is 5.01 Å². The number of amides is 1. The van der Waals surface area contributed by atoms with E-state index in [1.54, 1.807) is 38.1 Å². The van der Waals surface area contributed by atoms with Gasteiger partial charge >= 0.3 is 0 Å². The first-order valence-electron chi connectivity index (χ1n) is 11.0. The smallest absolute Gasteiger partial charge is 0.253 e. The lowest BCUT2D eigenvalue weighted by Gasteiger charge is -2.24. The second-order valence-corrected chi connectivity index (χ2v) is 8.78. The second-order valence-electron chi connectivity index (χ2n) is 7.79. The second kappa shape index (κ2) is 11.1. The van der Waals surface area contributed by atoms with Crippen LogP contribution in [0.4, 0.5) is 0 Å². The third-order valence-electron chi connectivity index (χ3n) is 5.72. The van der Waals surface area contributed by atoms with Gasteiger partial charge in [0.05, 0.1) is 38.8 Å². The van der Waals surface area contributed by atoms with Crippen molar-refractivity contribution in [3.05, 3.63) is 89.5 Å². The minimum absolute atomic E-state index is 0.0423. The summed E-state index contributed by atoms with van der Waals surface area (Å²) in [6.07, 6.45) is 0.574. The van der Waals surface area contributed by atoms with Crippen LogP contribution < -0.4 is 14.2 Å². The molecule has 0 unspecified atom stereocenters. The Morgan fingerprint density at radius 1 is 0.941 bits per heavy atom. The fraction of sp³-hybridized carbons (Fsp3) is 0.259. The van der Waals surface area contributed by atoms with Crippen LogP contribution in [0.25, 0.3) is 0 Å². The summed E-state index contributed by atoms with van der Waals surface area (Å²) < 4.78 is 16.5. The molecule has 4 rings (SSSR count). The Bertz CT molecular complexity index is 1150. The Morgan fingerprint density at radius 3 is 2.38 bits per heavy atom. The number of benzene rings is 3. The van der Waals surface area contributed by atoms with Crippen LogP contribution in [-0.2, 0) is 10.5 Å². The van der Waals surface area contributed by atoms with E-state index < -0.39 is 0 Å². The van der Waals surface area contributed by atoms with Crippen LogP contribution in [-0.4, -0.2) is 43.7 Å². The van der Waals surface area contributed by atoms with Crippen LogP contribution in [0, 0.1) is 0 Å². The van der Waals surface area contributed by atoms with Crippen LogP contribution in [0.2, 0.25) is 0 Å². The lowest BCUT2D eigenvalue weighted by Crippen LogP contribution is -2.29. The zero-order chi connectivity index (χ0) is 23.9. The predicted octanol–water partition coefficient (Wildman–Crippen LogP) is 5.32. The molecule has 0 aliphatic carbocycles. The van der Waals surface area contributed by atoms with E-state index in [2.05, 4.69) is 12.1 Å². The summed E-state index contributed by atoms with van der Waals surface area (Å²) in [5.74, 6) is 3.08. The molecule has 34 heavy (non-hydrogen) atoms. The molecule has 3 aromatic rings. The van der Waals surface area contributed by atoms with Gasteiger partial charge < -0.3 is 14.2 Å². The van der Waals surface area contributed by atoms with Gasteiger partial charge in [0.25, 0.3) is 5.91 Å². The van der Waals surface area contributed by atoms with Gasteiger partial charge in [0.15, 0.2) is 11.5 Å². The summed E-state index contributed by atoms with van der Waals surface area (Å²) in [6.45, 7) is 0. The fourth-order valence-corrected chi connectivity index (χ4v) is 4.85. The third-order valence-corrected chi connectivity index (χ3v) is 6.71. The van der Waals surface area contributed by atoms with Crippen molar-refractivity contribution >= 4 is 23.4 Å². The first kappa shape index (κ1) is 23.7. The van der Waals surface area contributed by atoms with E-state index in [4.69, 9.17) is 19.3 Å². The molecule has 0 saturated heterocycles. The van der Waals surface area contributed by atoms with Gasteiger partial charge in [-0.05, 0) is 41.5 Å². The third kappa shape index (κ3) is 5.20. The van der Waals surface area contributed by atoms with E-state index >= 15 is 0 Å². The van der Waals surface area contributed by atoms with Crippen LogP contribution in [0.15, 0.2) is 77.9 Å². The van der Waals surface area contributed by atoms with Crippen molar-refractivity contribution in [3.8, 4) is 17.2 Å². The van der Waals surface area contributed by atoms with Crippen molar-refractivity contribution in [1.29, 1.82) is 0 Å². The molecule has 7 heteroatoms. The normalized spacial score (nSPS) is 15.1. The van der Waals surface area contributed by atoms with Crippen molar-refractivity contribution in [3.63, 3.8) is 0 Å². The van der Waals surface area contributed by atoms with Crippen LogP contribution in [0.1, 0.15) is 29.2 Å². The van der Waals surface area contributed by atoms with Gasteiger partial charge in [0.2, 0.25) is 0 Å². The number of hydrogen-bond donors (Lipinski definition) is 0. The van der Waals surface area contributed by atoms with E-state index in [-0.39, 0.29) is 11.9 Å². The van der Waals surface area contributed by atoms with Crippen LogP contribution in [0.3, 0.4) is 0 Å². The molecule has 1 aliphatic rings. The Hall–Kier alpha value is -3.45. The molecule has 1 amide bonds. The standard InChI is InChI=1S/C27H28N2O4S/c1-31-21-14-12-20(13-15-21)23-16-24(22-10-7-11-25(32-2)27(22)33-3)29(28-23)26(30)18-34-17-19-8-5-4-6-9-19/h4-15,24H,16-18H2,1-3H3/t24-/m0/s1. The highest BCUT2D eigenvalue weighted by atomic mass is 32.2. The van der Waals surface area contributed by atoms with Gasteiger partial charge in [0, 0.05) is 17.7 Å². The molecule has 0 spiro atoms. The number of thioether (sulfide) groups is 1. The molecule has 1 aliphatic heterocycles. The maximum absolute atomic E-state index is 13.4. The van der Waals surface area contributed by atoms with Crippen LogP contribution in [0.5, 0.6) is 17.2 Å². The zero-order valence-corrected chi connectivity index (χ0v) is 20.4. The molecular weight excluding hydrogens is 448 g/mol. The summed E-state index contributed by atoms with van der Waals surface area (Å²) in [4.78, 5) is 13.4. The lowest BCUT2D eigenvalue weighted by atomic mass is 9.97. The molecule has 3 aromatic carbocycles. The number of methoxy groups -OCH3 is 3. The van der Waals surface area contributed by atoms with Crippen molar-refractivity contribution in [2.45, 2.75) is 18.2 Å². The number of ether oxygens (including phenoxy) is 3. The molecule has 6 nitrogen and oxygen atoms in total. The first-order valence-corrected chi connectivity index (χ1v) is 12.2. The lowest BCUT2D eigenvalue weighted by molar-refractivity contribution is -0.130. The molecule has 0 bridgehead atoms. The summed E-state index contributed by atoms with van der Waals surface area (Å²) in [7, 11) is 4.86. The molecule has 0 radical (unpaired) electrons. The molecule has 1 heterocycles. The largest absolute Gasteiger partial charge is 0.497 e. The summed E-state index contributed by atoms with van der Waals surface area (Å²) in [5.41, 5.74) is 3.87. The maximum Gasteiger partial charge on any atom is 0.253 e. The number of rotatable bonds is 9. The number of hydrazone groups is 1. The molecule has 0 N–H and O–H groups in total. The quantitative estimate of drug-likeness (QED) is 0.418. The minimum Gasteiger partial charge on any atom is -0.497 e. The van der Waals surface area contributed by atoms with Crippen LogP contribution >= 0.6 is 11.8 Å². The van der Waals surface area contributed by atoms with E-state index in [1.807, 2.05) is 60.7 Å². The SMILES string of the molecule is COc1ccc(C2=NN(C(=O)CSCc3ccccc3)[C@H](c3cccc(OC)c3OC)C2)cc1. The Kier molecular flexibility index (Phi) is 7.75. The number of carbonyl (C=O) groups is 1. The topological polar surface area (TPSA) is 60.4 Å². The minimum atomic E-state index is -0.285. The molecule has 0 fully saturated rings. The highest BCUT2D eigenvalue weighted by molar-refractivity contribution is 7.99. The Balaban J connectivity index is 1.60. The van der Waals surface area contributed by atoms with E-state index in [9.17, 15) is 4.79 Å². The molecular formula is C27H28N2O4S. The van der Waals surface area contributed by atoms with Crippen molar-refractivity contribution in [2.24, 2.45) is 5.10 Å². The van der Waals surface area contributed by atoms with Gasteiger partial charge in [-0.25, -0.2) is 5.01 Å². The van der Waals surface area contributed by atoms with E-state index in [0.29, 0.717) is 23.7 Å². The number of nitrogens with zero attached hydrogens (tertiary/aromatic N) is 2.